The Kier molecular flexibility index (Phi) is 5.70. The molecule has 1 atom stereocenters. The normalized spacial score (nSPS) is 27.0. The predicted octanol–water partition coefficient (Wildman–Crippen LogP) is 3.47. The molecule has 0 aliphatic carbocycles. The van der Waals surface area contributed by atoms with Crippen LogP contribution < -0.4 is 0 Å². The van der Waals surface area contributed by atoms with Crippen molar-refractivity contribution in [2.24, 2.45) is 17.8 Å². The van der Waals surface area contributed by atoms with Gasteiger partial charge < -0.3 is 9.80 Å². The first kappa shape index (κ1) is 15.3. The molecule has 2 saturated heterocycles. The van der Waals surface area contributed by atoms with E-state index in [1.54, 1.807) is 0 Å². The molecular formula is C17H34N2. The quantitative estimate of drug-likeness (QED) is 0.769. The van der Waals surface area contributed by atoms with Gasteiger partial charge in [-0.1, -0.05) is 13.8 Å². The molecule has 2 rings (SSSR count). The molecule has 0 amide bonds. The van der Waals surface area contributed by atoms with Crippen LogP contribution in [-0.4, -0.2) is 49.1 Å². The first-order valence-electron chi connectivity index (χ1n) is 8.49. The second-order valence-corrected chi connectivity index (χ2v) is 7.45. The highest BCUT2D eigenvalue weighted by atomic mass is 15.2. The van der Waals surface area contributed by atoms with Crippen molar-refractivity contribution >= 4 is 0 Å². The predicted molar refractivity (Wildman–Crippen MR) is 83.4 cm³/mol. The lowest BCUT2D eigenvalue weighted by atomic mass is 9.85. The van der Waals surface area contributed by atoms with Gasteiger partial charge in [0.1, 0.15) is 0 Å². The fourth-order valence-electron chi connectivity index (χ4n) is 3.96. The summed E-state index contributed by atoms with van der Waals surface area (Å²) in [6.45, 7) is 12.6. The van der Waals surface area contributed by atoms with Crippen LogP contribution in [-0.2, 0) is 0 Å². The van der Waals surface area contributed by atoms with Crippen LogP contribution in [0.2, 0.25) is 0 Å². The number of hydrogen-bond donors (Lipinski definition) is 0. The topological polar surface area (TPSA) is 6.48 Å². The molecule has 2 heteroatoms. The Bertz CT molecular complexity index is 248. The fraction of sp³-hybridized carbons (Fsp3) is 1.00. The second-order valence-electron chi connectivity index (χ2n) is 7.45. The van der Waals surface area contributed by atoms with Crippen LogP contribution in [0, 0.1) is 17.8 Å². The molecular weight excluding hydrogens is 232 g/mol. The summed E-state index contributed by atoms with van der Waals surface area (Å²) in [5, 5.41) is 0. The highest BCUT2D eigenvalue weighted by molar-refractivity contribution is 4.80. The minimum Gasteiger partial charge on any atom is -0.306 e. The minimum atomic E-state index is 0.807. The third kappa shape index (κ3) is 4.46. The van der Waals surface area contributed by atoms with Crippen molar-refractivity contribution in [3.63, 3.8) is 0 Å². The van der Waals surface area contributed by atoms with Crippen molar-refractivity contribution in [3.8, 4) is 0 Å². The second kappa shape index (κ2) is 7.08. The first-order chi connectivity index (χ1) is 9.06. The van der Waals surface area contributed by atoms with E-state index in [2.05, 4.69) is 37.6 Å². The van der Waals surface area contributed by atoms with E-state index in [-0.39, 0.29) is 0 Å². The van der Waals surface area contributed by atoms with Crippen molar-refractivity contribution in [2.75, 3.05) is 33.2 Å². The lowest BCUT2D eigenvalue weighted by Crippen LogP contribution is -2.42. The molecule has 0 saturated carbocycles. The van der Waals surface area contributed by atoms with E-state index >= 15 is 0 Å². The van der Waals surface area contributed by atoms with Crippen LogP contribution in [0.1, 0.15) is 52.9 Å². The number of likely N-dealkylation sites (tertiary alicyclic amines) is 2. The number of hydrogen-bond acceptors (Lipinski definition) is 2. The average Bonchev–Trinajstić information content (AvgIpc) is 2.41. The van der Waals surface area contributed by atoms with Gasteiger partial charge in [-0.2, -0.15) is 0 Å². The van der Waals surface area contributed by atoms with E-state index < -0.39 is 0 Å². The molecule has 2 aliphatic rings. The molecule has 2 fully saturated rings. The molecule has 2 aliphatic heterocycles. The van der Waals surface area contributed by atoms with Crippen LogP contribution in [0.5, 0.6) is 0 Å². The summed E-state index contributed by atoms with van der Waals surface area (Å²) in [5.41, 5.74) is 0. The molecule has 0 aromatic carbocycles. The highest BCUT2D eigenvalue weighted by Crippen LogP contribution is 2.28. The largest absolute Gasteiger partial charge is 0.306 e. The van der Waals surface area contributed by atoms with Gasteiger partial charge in [-0.05, 0) is 90.0 Å². The van der Waals surface area contributed by atoms with Crippen LogP contribution in [0.25, 0.3) is 0 Å². The van der Waals surface area contributed by atoms with Gasteiger partial charge in [-0.25, -0.2) is 0 Å². The van der Waals surface area contributed by atoms with Gasteiger partial charge in [0, 0.05) is 6.04 Å². The number of rotatable bonds is 4. The standard InChI is InChI=1S/C17H34N2/c1-14(2)17-7-11-19(12-8-17)15(3)13-16-5-9-18(4)10-6-16/h14-17H,5-13H2,1-4H3. The molecule has 0 bridgehead atoms. The molecule has 1 unspecified atom stereocenters. The maximum Gasteiger partial charge on any atom is 0.00695 e. The smallest absolute Gasteiger partial charge is 0.00695 e. The van der Waals surface area contributed by atoms with E-state index in [0.29, 0.717) is 0 Å². The number of piperidine rings is 2. The average molecular weight is 266 g/mol. The summed E-state index contributed by atoms with van der Waals surface area (Å²) >= 11 is 0. The Hall–Kier alpha value is -0.0800. The van der Waals surface area contributed by atoms with Crippen molar-refractivity contribution in [2.45, 2.75) is 58.9 Å². The zero-order valence-electron chi connectivity index (χ0n) is 13.6. The van der Waals surface area contributed by atoms with Gasteiger partial charge in [-0.3, -0.25) is 0 Å². The molecule has 2 heterocycles. The molecule has 0 aromatic heterocycles. The van der Waals surface area contributed by atoms with Crippen LogP contribution in [0.4, 0.5) is 0 Å². The molecule has 0 aromatic rings. The summed E-state index contributed by atoms with van der Waals surface area (Å²) < 4.78 is 0. The summed E-state index contributed by atoms with van der Waals surface area (Å²) in [4.78, 5) is 5.24. The molecule has 0 radical (unpaired) electrons. The molecule has 0 N–H and O–H groups in total. The Labute approximate surface area is 120 Å². The van der Waals surface area contributed by atoms with Crippen molar-refractivity contribution in [1.82, 2.24) is 9.80 Å². The summed E-state index contributed by atoms with van der Waals surface area (Å²) in [5.74, 6) is 2.84. The van der Waals surface area contributed by atoms with Gasteiger partial charge in [0.15, 0.2) is 0 Å². The number of nitrogens with zero attached hydrogens (tertiary/aromatic N) is 2. The van der Waals surface area contributed by atoms with Crippen LogP contribution in [0.15, 0.2) is 0 Å². The van der Waals surface area contributed by atoms with Gasteiger partial charge in [0.2, 0.25) is 0 Å². The summed E-state index contributed by atoms with van der Waals surface area (Å²) in [7, 11) is 2.26. The van der Waals surface area contributed by atoms with Gasteiger partial charge in [0.05, 0.1) is 0 Å². The minimum absolute atomic E-state index is 0.807. The third-order valence-electron chi connectivity index (χ3n) is 5.65. The Morgan fingerprint density at radius 2 is 1.47 bits per heavy atom. The zero-order chi connectivity index (χ0) is 13.8. The SMILES string of the molecule is CC(C)C1CCN(C(C)CC2CCN(C)CC2)CC1. The zero-order valence-corrected chi connectivity index (χ0v) is 13.6. The Morgan fingerprint density at radius 1 is 0.895 bits per heavy atom. The fourth-order valence-corrected chi connectivity index (χ4v) is 3.96. The van der Waals surface area contributed by atoms with E-state index in [1.807, 2.05) is 0 Å². The van der Waals surface area contributed by atoms with Crippen molar-refractivity contribution < 1.29 is 0 Å². The van der Waals surface area contributed by atoms with Gasteiger partial charge in [-0.15, -0.1) is 0 Å². The summed E-state index contributed by atoms with van der Waals surface area (Å²) in [6.07, 6.45) is 7.12. The lowest BCUT2D eigenvalue weighted by Gasteiger charge is -2.39. The Balaban J connectivity index is 1.71. The lowest BCUT2D eigenvalue weighted by molar-refractivity contribution is 0.0974. The van der Waals surface area contributed by atoms with E-state index in [0.717, 1.165) is 23.8 Å². The van der Waals surface area contributed by atoms with Crippen molar-refractivity contribution in [1.29, 1.82) is 0 Å². The Morgan fingerprint density at radius 3 is 2.00 bits per heavy atom. The maximum absolute atomic E-state index is 2.76. The molecule has 2 nitrogen and oxygen atoms in total. The van der Waals surface area contributed by atoms with Crippen LogP contribution in [0.3, 0.4) is 0 Å². The molecule has 0 spiro atoms. The van der Waals surface area contributed by atoms with E-state index in [4.69, 9.17) is 0 Å². The van der Waals surface area contributed by atoms with E-state index in [1.165, 1.54) is 58.3 Å². The van der Waals surface area contributed by atoms with Crippen LogP contribution >= 0.6 is 0 Å². The maximum atomic E-state index is 2.76. The molecule has 112 valence electrons. The van der Waals surface area contributed by atoms with Gasteiger partial charge in [0.25, 0.3) is 0 Å². The van der Waals surface area contributed by atoms with E-state index in [9.17, 15) is 0 Å². The summed E-state index contributed by atoms with van der Waals surface area (Å²) in [6, 6.07) is 0.807. The van der Waals surface area contributed by atoms with Gasteiger partial charge >= 0.3 is 0 Å². The van der Waals surface area contributed by atoms with Crippen molar-refractivity contribution in [3.05, 3.63) is 0 Å². The third-order valence-corrected chi connectivity index (χ3v) is 5.65. The first-order valence-corrected chi connectivity index (χ1v) is 8.49. The monoisotopic (exact) mass is 266 g/mol. The highest BCUT2D eigenvalue weighted by Gasteiger charge is 2.26. The molecule has 19 heavy (non-hydrogen) atoms.